The lowest BCUT2D eigenvalue weighted by molar-refractivity contribution is -0.175. The Hall–Kier alpha value is -3.70. The minimum Gasteiger partial charge on any atom is -0.504 e. The lowest BCUT2D eigenvalue weighted by atomic mass is 9.34. The van der Waals surface area contributed by atoms with Crippen LogP contribution in [0.2, 0.25) is 0 Å². The van der Waals surface area contributed by atoms with Crippen LogP contribution in [0.25, 0.3) is 6.08 Å². The van der Waals surface area contributed by atoms with Crippen LogP contribution in [0.1, 0.15) is 91.4 Å². The summed E-state index contributed by atoms with van der Waals surface area (Å²) in [5, 5.41) is 12.0. The normalized spacial score (nSPS) is 37.3. The molecule has 3 heterocycles. The van der Waals surface area contributed by atoms with E-state index in [2.05, 4.69) is 46.8 Å². The molecule has 0 aromatic carbocycles. The van der Waals surface area contributed by atoms with E-state index in [-0.39, 0.29) is 51.6 Å². The maximum atomic E-state index is 14.6. The van der Waals surface area contributed by atoms with E-state index in [0.717, 1.165) is 77.6 Å². The third-order valence-corrected chi connectivity index (χ3v) is 17.0. The zero-order chi connectivity index (χ0) is 38.6. The van der Waals surface area contributed by atoms with Gasteiger partial charge in [-0.2, -0.15) is 0 Å². The first-order chi connectivity index (χ1) is 25.4. The molecule has 1 aromatic rings. The number of allylic oxidation sites excluding steroid dienone is 7. The van der Waals surface area contributed by atoms with Crippen molar-refractivity contribution in [1.82, 2.24) is 14.7 Å². The predicted molar refractivity (Wildman–Crippen MR) is 211 cm³/mol. The maximum absolute atomic E-state index is 14.6. The molecule has 3 saturated carbocycles. The van der Waals surface area contributed by atoms with Gasteiger partial charge in [0.05, 0.1) is 4.91 Å². The Labute approximate surface area is 326 Å². The standard InChI is InChI=1S/C43H51N3O6S2/c1-26-28-9-10-32-41(4,29(28)23-30(47)35(26)49)14-16-43(6)33-24-40(3,12-11-39(33,2)13-15-42(32,43)5)37(51)45-19-17-44(18-20-45)34(48)25-46-36(50)31(54-38(46)52)22-27-8-7-21-53-27/h7-10,21-23,33,49H,11-20,24-25H2,1-6H3/b31-22-/t33-,39-,40-,41+,42-,43+/m1/s1. The molecule has 9 nitrogen and oxygen atoms in total. The van der Waals surface area contributed by atoms with Crippen LogP contribution >= 0.6 is 23.1 Å². The van der Waals surface area contributed by atoms with E-state index in [9.17, 15) is 29.1 Å². The van der Waals surface area contributed by atoms with Gasteiger partial charge in [-0.3, -0.25) is 28.9 Å². The number of piperazine rings is 1. The third kappa shape index (κ3) is 5.41. The first-order valence-corrected chi connectivity index (χ1v) is 21.1. The number of aliphatic hydroxyl groups is 1. The van der Waals surface area contributed by atoms with Gasteiger partial charge >= 0.3 is 0 Å². The number of carbonyl (C=O) groups excluding carboxylic acids is 5. The second kappa shape index (κ2) is 12.7. The van der Waals surface area contributed by atoms with E-state index in [4.69, 9.17) is 0 Å². The fourth-order valence-corrected chi connectivity index (χ4v) is 13.1. The summed E-state index contributed by atoms with van der Waals surface area (Å²) >= 11 is 2.34. The molecule has 1 N–H and O–H groups in total. The van der Waals surface area contributed by atoms with Crippen LogP contribution in [0, 0.1) is 33.0 Å². The first kappa shape index (κ1) is 37.2. The molecule has 0 spiro atoms. The van der Waals surface area contributed by atoms with Gasteiger partial charge in [0.2, 0.25) is 17.6 Å². The van der Waals surface area contributed by atoms with Crippen LogP contribution in [0.4, 0.5) is 4.79 Å². The predicted octanol–water partition coefficient (Wildman–Crippen LogP) is 8.08. The highest BCUT2D eigenvalue weighted by atomic mass is 32.2. The van der Waals surface area contributed by atoms with Gasteiger partial charge < -0.3 is 14.9 Å². The highest BCUT2D eigenvalue weighted by Gasteiger charge is 2.67. The Morgan fingerprint density at radius 1 is 0.926 bits per heavy atom. The zero-order valence-electron chi connectivity index (χ0n) is 32.3. The van der Waals surface area contributed by atoms with Crippen molar-refractivity contribution in [3.8, 4) is 0 Å². The third-order valence-electron chi connectivity index (χ3n) is 15.3. The number of ketones is 1. The summed E-state index contributed by atoms with van der Waals surface area (Å²) in [4.78, 5) is 72.4. The molecular weight excluding hydrogens is 719 g/mol. The molecule has 7 aliphatic rings. The van der Waals surface area contributed by atoms with Gasteiger partial charge in [-0.25, -0.2) is 0 Å². The van der Waals surface area contributed by atoms with Crippen molar-refractivity contribution < 1.29 is 29.1 Å². The SMILES string of the molecule is CC1=C(O)C(=O)C=C2C1=CC=C1[C@@]2(C)CC[C@@]2(C)[C@@H]3C[C@](C)(C(=O)N4CCN(C(=O)CN5C(=O)S/C(=C\c6cccs6)C5=O)CC4)CC[C@]3(C)CC[C@]12C. The maximum Gasteiger partial charge on any atom is 0.294 e. The van der Waals surface area contributed by atoms with Crippen molar-refractivity contribution >= 4 is 57.9 Å². The van der Waals surface area contributed by atoms with E-state index >= 15 is 0 Å². The second-order valence-corrected chi connectivity index (χ2v) is 20.0. The molecule has 0 unspecified atom stereocenters. The zero-order valence-corrected chi connectivity index (χ0v) is 33.9. The molecule has 4 amide bonds. The van der Waals surface area contributed by atoms with Crippen molar-refractivity contribution in [1.29, 1.82) is 0 Å². The van der Waals surface area contributed by atoms with Gasteiger partial charge in [0, 0.05) is 47.5 Å². The number of fused-ring (bicyclic) bond motifs is 7. The molecule has 2 saturated heterocycles. The lowest BCUT2D eigenvalue weighted by Gasteiger charge is -2.70. The Morgan fingerprint density at radius 3 is 2.33 bits per heavy atom. The van der Waals surface area contributed by atoms with Crippen molar-refractivity contribution in [2.24, 2.45) is 33.0 Å². The molecule has 6 atom stereocenters. The minimum absolute atomic E-state index is 0.0580. The number of imide groups is 1. The molecule has 0 radical (unpaired) electrons. The fraction of sp³-hybridized carbons (Fsp3) is 0.558. The van der Waals surface area contributed by atoms with Crippen LogP contribution in [0.3, 0.4) is 0 Å². The summed E-state index contributed by atoms with van der Waals surface area (Å²) in [6.45, 7) is 14.9. The summed E-state index contributed by atoms with van der Waals surface area (Å²) in [6.07, 6.45) is 14.5. The number of amides is 4. The molecule has 2 aliphatic heterocycles. The molecule has 5 fully saturated rings. The van der Waals surface area contributed by atoms with E-state index in [1.807, 2.05) is 29.3 Å². The summed E-state index contributed by atoms with van der Waals surface area (Å²) < 4.78 is 0. The Morgan fingerprint density at radius 2 is 1.63 bits per heavy atom. The Kier molecular flexibility index (Phi) is 8.73. The molecule has 5 aliphatic carbocycles. The summed E-state index contributed by atoms with van der Waals surface area (Å²) in [7, 11) is 0. The Bertz CT molecular complexity index is 2040. The lowest BCUT2D eigenvalue weighted by Crippen LogP contribution is -2.63. The molecule has 54 heavy (non-hydrogen) atoms. The number of rotatable bonds is 4. The van der Waals surface area contributed by atoms with Crippen LogP contribution in [0.5, 0.6) is 0 Å². The van der Waals surface area contributed by atoms with Gasteiger partial charge in [0.25, 0.3) is 11.1 Å². The van der Waals surface area contributed by atoms with E-state index in [0.29, 0.717) is 42.6 Å². The quantitative estimate of drug-likeness (QED) is 0.308. The number of carbonyl (C=O) groups is 5. The highest BCUT2D eigenvalue weighted by Crippen LogP contribution is 2.75. The fourth-order valence-electron chi connectivity index (χ4n) is 11.6. The average Bonchev–Trinajstić information content (AvgIpc) is 3.76. The summed E-state index contributed by atoms with van der Waals surface area (Å²) in [5.41, 5.74) is 3.15. The Balaban J connectivity index is 0.963. The number of hydrogen-bond acceptors (Lipinski definition) is 8. The van der Waals surface area contributed by atoms with Gasteiger partial charge in [-0.05, 0) is 121 Å². The molecule has 8 rings (SSSR count). The monoisotopic (exact) mass is 769 g/mol. The van der Waals surface area contributed by atoms with Crippen LogP contribution < -0.4 is 0 Å². The summed E-state index contributed by atoms with van der Waals surface area (Å²) in [6, 6.07) is 3.76. The smallest absolute Gasteiger partial charge is 0.294 e. The van der Waals surface area contributed by atoms with Crippen molar-refractivity contribution in [2.75, 3.05) is 32.7 Å². The minimum atomic E-state index is -0.527. The number of thiophene rings is 1. The highest BCUT2D eigenvalue weighted by molar-refractivity contribution is 8.18. The van der Waals surface area contributed by atoms with E-state index < -0.39 is 16.6 Å². The van der Waals surface area contributed by atoms with Gasteiger partial charge in [-0.15, -0.1) is 11.3 Å². The van der Waals surface area contributed by atoms with E-state index in [1.165, 1.54) is 16.9 Å². The second-order valence-electron chi connectivity index (χ2n) is 18.1. The average molecular weight is 770 g/mol. The van der Waals surface area contributed by atoms with Crippen LogP contribution in [-0.4, -0.2) is 81.3 Å². The summed E-state index contributed by atoms with van der Waals surface area (Å²) in [5.74, 6) is -0.704. The van der Waals surface area contributed by atoms with Gasteiger partial charge in [-0.1, -0.05) is 58.4 Å². The van der Waals surface area contributed by atoms with Gasteiger partial charge in [0.1, 0.15) is 6.54 Å². The molecule has 11 heteroatoms. The molecule has 1 aromatic heterocycles. The van der Waals surface area contributed by atoms with Crippen molar-refractivity contribution in [3.63, 3.8) is 0 Å². The van der Waals surface area contributed by atoms with Crippen molar-refractivity contribution in [2.45, 2.75) is 86.5 Å². The van der Waals surface area contributed by atoms with Crippen LogP contribution in [-0.2, 0) is 19.2 Å². The van der Waals surface area contributed by atoms with E-state index in [1.54, 1.807) is 17.1 Å². The first-order valence-electron chi connectivity index (χ1n) is 19.4. The van der Waals surface area contributed by atoms with Crippen molar-refractivity contribution in [3.05, 3.63) is 73.6 Å². The number of aliphatic hydroxyl groups excluding tert-OH is 1. The number of thioether (sulfide) groups is 1. The number of hydrogen-bond donors (Lipinski definition) is 1. The van der Waals surface area contributed by atoms with Crippen LogP contribution in [0.15, 0.2) is 68.7 Å². The largest absolute Gasteiger partial charge is 0.504 e. The number of nitrogens with zero attached hydrogens (tertiary/aromatic N) is 3. The molecule has 286 valence electrons. The van der Waals surface area contributed by atoms with Gasteiger partial charge in [0.15, 0.2) is 5.76 Å². The topological polar surface area (TPSA) is 115 Å². The molecular formula is C43H51N3O6S2. The molecule has 0 bridgehead atoms.